The average Bonchev–Trinajstić information content (AvgIpc) is 2.99. The first-order chi connectivity index (χ1) is 9.71. The van der Waals surface area contributed by atoms with Crippen LogP contribution in [-0.4, -0.2) is 17.8 Å². The van der Waals surface area contributed by atoms with Crippen LogP contribution in [0.25, 0.3) is 10.8 Å². The lowest BCUT2D eigenvalue weighted by atomic mass is 9.90. The van der Waals surface area contributed by atoms with Gasteiger partial charge < -0.3 is 10.4 Å². The zero-order valence-electron chi connectivity index (χ0n) is 12.1. The summed E-state index contributed by atoms with van der Waals surface area (Å²) in [6, 6.07) is 15.4. The maximum Gasteiger partial charge on any atom is 0.0652 e. The van der Waals surface area contributed by atoms with Gasteiger partial charge in [-0.05, 0) is 42.2 Å². The molecule has 0 bridgehead atoms. The molecule has 1 aliphatic rings. The van der Waals surface area contributed by atoms with E-state index in [-0.39, 0.29) is 12.1 Å². The normalized spacial score (nSPS) is 19.3. The molecule has 3 rings (SSSR count). The Labute approximate surface area is 120 Å². The zero-order chi connectivity index (χ0) is 14.0. The molecule has 1 fully saturated rings. The van der Waals surface area contributed by atoms with E-state index in [9.17, 15) is 5.11 Å². The van der Waals surface area contributed by atoms with Crippen molar-refractivity contribution >= 4 is 10.8 Å². The molecule has 2 N–H and O–H groups in total. The molecule has 0 radical (unpaired) electrons. The highest BCUT2D eigenvalue weighted by Gasteiger charge is 2.30. The molecule has 1 aliphatic carbocycles. The van der Waals surface area contributed by atoms with Gasteiger partial charge in [0.1, 0.15) is 0 Å². The van der Waals surface area contributed by atoms with Gasteiger partial charge >= 0.3 is 0 Å². The molecule has 0 amide bonds. The highest BCUT2D eigenvalue weighted by atomic mass is 16.3. The third kappa shape index (κ3) is 2.58. The molecular formula is C18H23NO. The van der Waals surface area contributed by atoms with E-state index in [1.807, 2.05) is 0 Å². The molecule has 0 aromatic heterocycles. The summed E-state index contributed by atoms with van der Waals surface area (Å²) in [6.07, 6.45) is 5.06. The van der Waals surface area contributed by atoms with Crippen LogP contribution >= 0.6 is 0 Å². The van der Waals surface area contributed by atoms with Crippen LogP contribution in [0.2, 0.25) is 0 Å². The highest BCUT2D eigenvalue weighted by Crippen LogP contribution is 2.28. The molecule has 2 aromatic carbocycles. The Hall–Kier alpha value is -1.38. The van der Waals surface area contributed by atoms with Crippen molar-refractivity contribution in [1.29, 1.82) is 0 Å². The molecule has 2 aromatic rings. The van der Waals surface area contributed by atoms with Crippen LogP contribution in [0.15, 0.2) is 42.5 Å². The van der Waals surface area contributed by atoms with Gasteiger partial charge in [0.2, 0.25) is 0 Å². The molecular weight excluding hydrogens is 246 g/mol. The number of rotatable bonds is 4. The van der Waals surface area contributed by atoms with Gasteiger partial charge in [0.15, 0.2) is 0 Å². The lowest BCUT2D eigenvalue weighted by Crippen LogP contribution is -2.47. The predicted octanol–water partition coefficient (Wildman–Crippen LogP) is 3.58. The van der Waals surface area contributed by atoms with Crippen LogP contribution < -0.4 is 5.32 Å². The zero-order valence-corrected chi connectivity index (χ0v) is 12.1. The van der Waals surface area contributed by atoms with Gasteiger partial charge in [0, 0.05) is 6.04 Å². The second-order valence-corrected chi connectivity index (χ2v) is 6.18. The van der Waals surface area contributed by atoms with Crippen molar-refractivity contribution in [3.05, 3.63) is 48.0 Å². The largest absolute Gasteiger partial charge is 0.394 e. The molecule has 106 valence electrons. The SMILES string of the molecule is CC(CO)(NC1CCCC1)c1ccc2ccccc2c1. The van der Waals surface area contributed by atoms with Gasteiger partial charge in [-0.1, -0.05) is 49.2 Å². The Morgan fingerprint density at radius 3 is 2.50 bits per heavy atom. The van der Waals surface area contributed by atoms with Crippen molar-refractivity contribution in [2.75, 3.05) is 6.61 Å². The standard InChI is InChI=1S/C18H23NO/c1-18(13-20,19-17-8-4-5-9-17)16-11-10-14-6-2-3-7-15(14)12-16/h2-3,6-7,10-12,17,19-20H,4-5,8-9,13H2,1H3. The quantitative estimate of drug-likeness (QED) is 0.889. The van der Waals surface area contributed by atoms with Gasteiger partial charge in [0.05, 0.1) is 12.1 Å². The van der Waals surface area contributed by atoms with E-state index in [4.69, 9.17) is 0 Å². The van der Waals surface area contributed by atoms with E-state index in [0.29, 0.717) is 6.04 Å². The molecule has 1 unspecified atom stereocenters. The summed E-state index contributed by atoms with van der Waals surface area (Å²) in [5, 5.41) is 16.1. The fourth-order valence-corrected chi connectivity index (χ4v) is 3.27. The number of nitrogens with one attached hydrogen (secondary N) is 1. The van der Waals surface area contributed by atoms with Crippen molar-refractivity contribution in [2.24, 2.45) is 0 Å². The topological polar surface area (TPSA) is 32.3 Å². The molecule has 1 saturated carbocycles. The minimum atomic E-state index is -0.348. The second kappa shape index (κ2) is 5.55. The first kappa shape index (κ1) is 13.6. The number of aliphatic hydroxyl groups excluding tert-OH is 1. The van der Waals surface area contributed by atoms with Gasteiger partial charge in [0.25, 0.3) is 0 Å². The van der Waals surface area contributed by atoms with E-state index in [1.54, 1.807) is 0 Å². The van der Waals surface area contributed by atoms with Crippen LogP contribution in [0, 0.1) is 0 Å². The second-order valence-electron chi connectivity index (χ2n) is 6.18. The lowest BCUT2D eigenvalue weighted by molar-refractivity contribution is 0.161. The smallest absolute Gasteiger partial charge is 0.0652 e. The van der Waals surface area contributed by atoms with Gasteiger partial charge in [-0.2, -0.15) is 0 Å². The van der Waals surface area contributed by atoms with E-state index in [2.05, 4.69) is 54.7 Å². The molecule has 2 heteroatoms. The molecule has 20 heavy (non-hydrogen) atoms. The minimum absolute atomic E-state index is 0.127. The van der Waals surface area contributed by atoms with Gasteiger partial charge in [-0.3, -0.25) is 0 Å². The molecule has 0 spiro atoms. The summed E-state index contributed by atoms with van der Waals surface area (Å²) in [6.45, 7) is 2.23. The van der Waals surface area contributed by atoms with E-state index < -0.39 is 0 Å². The molecule has 0 aliphatic heterocycles. The maximum absolute atomic E-state index is 9.91. The lowest BCUT2D eigenvalue weighted by Gasteiger charge is -2.33. The minimum Gasteiger partial charge on any atom is -0.394 e. The number of aliphatic hydroxyl groups is 1. The predicted molar refractivity (Wildman–Crippen MR) is 83.8 cm³/mol. The number of fused-ring (bicyclic) bond motifs is 1. The summed E-state index contributed by atoms with van der Waals surface area (Å²) in [5.41, 5.74) is 0.824. The average molecular weight is 269 g/mol. The summed E-state index contributed by atoms with van der Waals surface area (Å²) >= 11 is 0. The Balaban J connectivity index is 1.92. The van der Waals surface area contributed by atoms with Crippen LogP contribution in [0.1, 0.15) is 38.2 Å². The Morgan fingerprint density at radius 2 is 1.80 bits per heavy atom. The van der Waals surface area contributed by atoms with E-state index in [1.165, 1.54) is 42.0 Å². The molecule has 2 nitrogen and oxygen atoms in total. The Bertz CT molecular complexity index is 589. The summed E-state index contributed by atoms with van der Waals surface area (Å²) < 4.78 is 0. The van der Waals surface area contributed by atoms with E-state index in [0.717, 1.165) is 0 Å². The van der Waals surface area contributed by atoms with Gasteiger partial charge in [-0.15, -0.1) is 0 Å². The van der Waals surface area contributed by atoms with Crippen molar-refractivity contribution < 1.29 is 5.11 Å². The first-order valence-electron chi connectivity index (χ1n) is 7.59. The van der Waals surface area contributed by atoms with Crippen molar-refractivity contribution in [1.82, 2.24) is 5.32 Å². The van der Waals surface area contributed by atoms with Crippen LogP contribution in [0.5, 0.6) is 0 Å². The fraction of sp³-hybridized carbons (Fsp3) is 0.444. The maximum atomic E-state index is 9.91. The van der Waals surface area contributed by atoms with Crippen LogP contribution in [-0.2, 0) is 5.54 Å². The Kier molecular flexibility index (Phi) is 3.77. The molecule has 0 saturated heterocycles. The number of hydrogen-bond acceptors (Lipinski definition) is 2. The highest BCUT2D eigenvalue weighted by molar-refractivity contribution is 5.83. The molecule has 0 heterocycles. The summed E-state index contributed by atoms with van der Waals surface area (Å²) in [7, 11) is 0. The third-order valence-corrected chi connectivity index (χ3v) is 4.58. The van der Waals surface area contributed by atoms with Crippen molar-refractivity contribution in [3.63, 3.8) is 0 Å². The Morgan fingerprint density at radius 1 is 1.10 bits per heavy atom. The summed E-state index contributed by atoms with van der Waals surface area (Å²) in [4.78, 5) is 0. The van der Waals surface area contributed by atoms with Gasteiger partial charge in [-0.25, -0.2) is 0 Å². The summed E-state index contributed by atoms with van der Waals surface area (Å²) in [5.74, 6) is 0. The first-order valence-corrected chi connectivity index (χ1v) is 7.59. The van der Waals surface area contributed by atoms with Crippen molar-refractivity contribution in [3.8, 4) is 0 Å². The van der Waals surface area contributed by atoms with Crippen LogP contribution in [0.4, 0.5) is 0 Å². The van der Waals surface area contributed by atoms with Crippen LogP contribution in [0.3, 0.4) is 0 Å². The monoisotopic (exact) mass is 269 g/mol. The van der Waals surface area contributed by atoms with Crippen molar-refractivity contribution in [2.45, 2.75) is 44.2 Å². The number of benzene rings is 2. The number of hydrogen-bond donors (Lipinski definition) is 2. The molecule has 1 atom stereocenters. The van der Waals surface area contributed by atoms with E-state index >= 15 is 0 Å². The fourth-order valence-electron chi connectivity index (χ4n) is 3.27. The third-order valence-electron chi connectivity index (χ3n) is 4.58.